The molecule has 1 heterocycles. The van der Waals surface area contributed by atoms with Gasteiger partial charge in [-0.25, -0.2) is 0 Å². The molecule has 1 aromatic carbocycles. The van der Waals surface area contributed by atoms with Crippen LogP contribution in [-0.2, 0) is 0 Å². The average Bonchev–Trinajstić information content (AvgIpc) is 2.65. The Hall–Kier alpha value is -0.730. The van der Waals surface area contributed by atoms with Gasteiger partial charge in [0.1, 0.15) is 5.75 Å². The van der Waals surface area contributed by atoms with Gasteiger partial charge in [0.25, 0.3) is 0 Å². The first-order valence-corrected chi connectivity index (χ1v) is 5.26. The molecule has 0 aromatic heterocycles. The van der Waals surface area contributed by atoms with Crippen molar-refractivity contribution in [2.24, 2.45) is 0 Å². The second-order valence-electron chi connectivity index (χ2n) is 3.82. The van der Waals surface area contributed by atoms with E-state index in [0.717, 1.165) is 35.7 Å². The van der Waals surface area contributed by atoms with Crippen molar-refractivity contribution in [3.63, 3.8) is 0 Å². The maximum Gasteiger partial charge on any atom is 0.120 e. The van der Waals surface area contributed by atoms with Crippen molar-refractivity contribution >= 4 is 11.6 Å². The van der Waals surface area contributed by atoms with Gasteiger partial charge in [-0.3, -0.25) is 0 Å². The Labute approximate surface area is 88.9 Å². The van der Waals surface area contributed by atoms with Gasteiger partial charge >= 0.3 is 0 Å². The zero-order valence-corrected chi connectivity index (χ0v) is 8.93. The number of aromatic hydroxyl groups is 1. The summed E-state index contributed by atoms with van der Waals surface area (Å²) in [6, 6.07) is 3.58. The quantitative estimate of drug-likeness (QED) is 0.748. The van der Waals surface area contributed by atoms with Crippen LogP contribution in [0.2, 0.25) is 5.02 Å². The lowest BCUT2D eigenvalue weighted by atomic mass is 9.95. The second kappa shape index (κ2) is 3.79. The van der Waals surface area contributed by atoms with Gasteiger partial charge in [0.05, 0.1) is 5.02 Å². The predicted octanol–water partition coefficient (Wildman–Crippen LogP) is 2.43. The molecule has 2 rings (SSSR count). The third-order valence-corrected chi connectivity index (χ3v) is 3.32. The lowest BCUT2D eigenvalue weighted by molar-refractivity contribution is 0.462. The SMILES string of the molecule is Cc1ccc(O)c(C2CCNC2)c1Cl. The van der Waals surface area contributed by atoms with Crippen LogP contribution >= 0.6 is 11.6 Å². The van der Waals surface area contributed by atoms with E-state index in [1.54, 1.807) is 6.07 Å². The largest absolute Gasteiger partial charge is 0.508 e. The lowest BCUT2D eigenvalue weighted by Crippen LogP contribution is -2.08. The zero-order chi connectivity index (χ0) is 10.1. The van der Waals surface area contributed by atoms with Gasteiger partial charge in [-0.05, 0) is 31.5 Å². The highest BCUT2D eigenvalue weighted by atomic mass is 35.5. The maximum absolute atomic E-state index is 9.76. The van der Waals surface area contributed by atoms with E-state index in [-0.39, 0.29) is 0 Å². The molecular formula is C11H14ClNO. The summed E-state index contributed by atoms with van der Waals surface area (Å²) in [6.07, 6.45) is 1.05. The van der Waals surface area contributed by atoms with Gasteiger partial charge < -0.3 is 10.4 Å². The summed E-state index contributed by atoms with van der Waals surface area (Å²) in [7, 11) is 0. The molecule has 1 atom stereocenters. The molecule has 0 saturated carbocycles. The highest BCUT2D eigenvalue weighted by molar-refractivity contribution is 6.32. The van der Waals surface area contributed by atoms with E-state index < -0.39 is 0 Å². The van der Waals surface area contributed by atoms with Crippen LogP contribution in [0.1, 0.15) is 23.5 Å². The lowest BCUT2D eigenvalue weighted by Gasteiger charge is -2.14. The van der Waals surface area contributed by atoms with E-state index in [2.05, 4.69) is 5.32 Å². The molecule has 0 radical (unpaired) electrons. The third-order valence-electron chi connectivity index (χ3n) is 2.82. The molecule has 1 unspecified atom stereocenters. The monoisotopic (exact) mass is 211 g/mol. The fourth-order valence-electron chi connectivity index (χ4n) is 1.98. The van der Waals surface area contributed by atoms with Crippen LogP contribution in [0.5, 0.6) is 5.75 Å². The molecule has 14 heavy (non-hydrogen) atoms. The third kappa shape index (κ3) is 1.60. The minimum absolute atomic E-state index is 0.328. The molecule has 1 fully saturated rings. The Bertz CT molecular complexity index is 345. The number of benzene rings is 1. The molecule has 1 saturated heterocycles. The number of hydrogen-bond donors (Lipinski definition) is 2. The molecule has 2 nitrogen and oxygen atoms in total. The first-order valence-electron chi connectivity index (χ1n) is 4.89. The molecule has 0 bridgehead atoms. The van der Waals surface area contributed by atoms with Crippen molar-refractivity contribution in [3.8, 4) is 5.75 Å². The maximum atomic E-state index is 9.76. The Morgan fingerprint density at radius 1 is 1.50 bits per heavy atom. The van der Waals surface area contributed by atoms with Crippen molar-refractivity contribution in [3.05, 3.63) is 28.3 Å². The van der Waals surface area contributed by atoms with Crippen molar-refractivity contribution < 1.29 is 5.11 Å². The Morgan fingerprint density at radius 2 is 2.29 bits per heavy atom. The van der Waals surface area contributed by atoms with Crippen LogP contribution in [0.3, 0.4) is 0 Å². The van der Waals surface area contributed by atoms with E-state index in [1.165, 1.54) is 0 Å². The van der Waals surface area contributed by atoms with E-state index in [9.17, 15) is 5.11 Å². The molecular weight excluding hydrogens is 198 g/mol. The number of phenols is 1. The molecule has 2 N–H and O–H groups in total. The van der Waals surface area contributed by atoms with Crippen LogP contribution in [-0.4, -0.2) is 18.2 Å². The van der Waals surface area contributed by atoms with Gasteiger partial charge in [-0.2, -0.15) is 0 Å². The van der Waals surface area contributed by atoms with Gasteiger partial charge in [-0.15, -0.1) is 0 Å². The topological polar surface area (TPSA) is 32.3 Å². The summed E-state index contributed by atoms with van der Waals surface area (Å²) in [5.41, 5.74) is 1.95. The molecule has 3 heteroatoms. The molecule has 0 spiro atoms. The summed E-state index contributed by atoms with van der Waals surface area (Å²) in [5, 5.41) is 13.8. The second-order valence-corrected chi connectivity index (χ2v) is 4.20. The minimum atomic E-state index is 0.328. The number of nitrogens with one attached hydrogen (secondary N) is 1. The number of aryl methyl sites for hydroxylation is 1. The van der Waals surface area contributed by atoms with Crippen molar-refractivity contribution in [1.82, 2.24) is 5.32 Å². The molecule has 0 amide bonds. The normalized spacial score (nSPS) is 21.4. The minimum Gasteiger partial charge on any atom is -0.508 e. The number of phenolic OH excluding ortho intramolecular Hbond substituents is 1. The summed E-state index contributed by atoms with van der Waals surface area (Å²) in [6.45, 7) is 3.89. The first-order chi connectivity index (χ1) is 6.70. The molecule has 1 aromatic rings. The first kappa shape index (κ1) is 9.81. The molecule has 1 aliphatic rings. The van der Waals surface area contributed by atoms with E-state index in [1.807, 2.05) is 13.0 Å². The Balaban J connectivity index is 2.44. The van der Waals surface area contributed by atoms with E-state index >= 15 is 0 Å². The summed E-state index contributed by atoms with van der Waals surface area (Å²) >= 11 is 6.19. The van der Waals surface area contributed by atoms with Crippen LogP contribution in [0.15, 0.2) is 12.1 Å². The summed E-state index contributed by atoms with van der Waals surface area (Å²) in [4.78, 5) is 0. The highest BCUT2D eigenvalue weighted by Gasteiger charge is 2.22. The van der Waals surface area contributed by atoms with Gasteiger partial charge in [-0.1, -0.05) is 17.7 Å². The van der Waals surface area contributed by atoms with Crippen molar-refractivity contribution in [2.75, 3.05) is 13.1 Å². The average molecular weight is 212 g/mol. The smallest absolute Gasteiger partial charge is 0.120 e. The summed E-state index contributed by atoms with van der Waals surface area (Å²) < 4.78 is 0. The van der Waals surface area contributed by atoms with Crippen LogP contribution in [0.4, 0.5) is 0 Å². The zero-order valence-electron chi connectivity index (χ0n) is 8.18. The fourth-order valence-corrected chi connectivity index (χ4v) is 2.30. The van der Waals surface area contributed by atoms with E-state index in [0.29, 0.717) is 11.7 Å². The summed E-state index contributed by atoms with van der Waals surface area (Å²) in [5.74, 6) is 0.691. The number of rotatable bonds is 1. The number of halogens is 1. The Morgan fingerprint density at radius 3 is 2.93 bits per heavy atom. The highest BCUT2D eigenvalue weighted by Crippen LogP contribution is 2.37. The fraction of sp³-hybridized carbons (Fsp3) is 0.455. The van der Waals surface area contributed by atoms with Gasteiger partial charge in [0.15, 0.2) is 0 Å². The van der Waals surface area contributed by atoms with Crippen molar-refractivity contribution in [2.45, 2.75) is 19.3 Å². The molecule has 76 valence electrons. The van der Waals surface area contributed by atoms with Crippen LogP contribution in [0.25, 0.3) is 0 Å². The molecule has 1 aliphatic heterocycles. The van der Waals surface area contributed by atoms with Crippen molar-refractivity contribution in [1.29, 1.82) is 0 Å². The predicted molar refractivity (Wildman–Crippen MR) is 58.1 cm³/mol. The number of hydrogen-bond acceptors (Lipinski definition) is 2. The standard InChI is InChI=1S/C11H14ClNO/c1-7-2-3-9(14)10(11(7)12)8-4-5-13-6-8/h2-3,8,13-14H,4-6H2,1H3. The Kier molecular flexibility index (Phi) is 2.66. The molecule has 0 aliphatic carbocycles. The van der Waals surface area contributed by atoms with Crippen LogP contribution < -0.4 is 5.32 Å². The van der Waals surface area contributed by atoms with Gasteiger partial charge in [0, 0.05) is 18.0 Å². The van der Waals surface area contributed by atoms with E-state index in [4.69, 9.17) is 11.6 Å². The van der Waals surface area contributed by atoms with Gasteiger partial charge in [0.2, 0.25) is 0 Å². The van der Waals surface area contributed by atoms with Crippen LogP contribution in [0, 0.1) is 6.92 Å².